The summed E-state index contributed by atoms with van der Waals surface area (Å²) in [6, 6.07) is 15.1. The highest BCUT2D eigenvalue weighted by Gasteiger charge is 2.33. The second kappa shape index (κ2) is 11.4. The van der Waals surface area contributed by atoms with E-state index in [0.717, 1.165) is 43.9 Å². The van der Waals surface area contributed by atoms with Gasteiger partial charge in [0.2, 0.25) is 5.95 Å². The maximum Gasteiger partial charge on any atom is 0.439 e. The molecule has 4 aromatic rings. The molecule has 2 unspecified atom stereocenters. The molecule has 1 aliphatic heterocycles. The molecule has 0 spiro atoms. The molecule has 0 bridgehead atoms. The first kappa shape index (κ1) is 26.5. The summed E-state index contributed by atoms with van der Waals surface area (Å²) in [6.07, 6.45) is 7.82. The average molecular weight is 542 g/mol. The highest BCUT2D eigenvalue weighted by atomic mass is 16.4. The normalized spacial score (nSPS) is 19.6. The second-order valence-corrected chi connectivity index (χ2v) is 11.0. The van der Waals surface area contributed by atoms with Gasteiger partial charge in [-0.1, -0.05) is 38.5 Å². The lowest BCUT2D eigenvalue weighted by atomic mass is 9.97. The van der Waals surface area contributed by atoms with Gasteiger partial charge in [-0.05, 0) is 81.1 Å². The van der Waals surface area contributed by atoms with Gasteiger partial charge in [0.1, 0.15) is 5.52 Å². The first-order chi connectivity index (χ1) is 19.5. The van der Waals surface area contributed by atoms with Crippen molar-refractivity contribution in [1.82, 2.24) is 24.4 Å². The number of hydrogen-bond acceptors (Lipinski definition) is 8. The lowest BCUT2D eigenvalue weighted by Gasteiger charge is -2.31. The molecule has 2 atom stereocenters. The van der Waals surface area contributed by atoms with E-state index in [2.05, 4.69) is 57.6 Å². The largest absolute Gasteiger partial charge is 0.439 e. The van der Waals surface area contributed by atoms with Crippen LogP contribution in [0, 0.1) is 6.92 Å². The number of nitrogens with zero attached hydrogens (tertiary/aromatic N) is 5. The van der Waals surface area contributed by atoms with Crippen molar-refractivity contribution in [3.05, 3.63) is 75.9 Å². The van der Waals surface area contributed by atoms with Gasteiger partial charge in [-0.2, -0.15) is 9.66 Å². The highest BCUT2D eigenvalue weighted by Crippen LogP contribution is 2.37. The van der Waals surface area contributed by atoms with Crippen LogP contribution in [0.15, 0.2) is 57.9 Å². The number of aromatic nitrogens is 3. The molecule has 1 fully saturated rings. The number of aryl methyl sites for hydroxylation is 2. The van der Waals surface area contributed by atoms with Gasteiger partial charge in [0.15, 0.2) is 11.4 Å². The molecule has 9 nitrogen and oxygen atoms in total. The summed E-state index contributed by atoms with van der Waals surface area (Å²) in [5.74, 6) is 0.524. The molecule has 1 saturated heterocycles. The Morgan fingerprint density at radius 2 is 1.95 bits per heavy atom. The van der Waals surface area contributed by atoms with Crippen LogP contribution in [0.5, 0.6) is 0 Å². The van der Waals surface area contributed by atoms with Crippen molar-refractivity contribution in [3.8, 4) is 0 Å². The summed E-state index contributed by atoms with van der Waals surface area (Å²) in [5.41, 5.74) is 8.99. The van der Waals surface area contributed by atoms with Crippen LogP contribution in [-0.4, -0.2) is 56.7 Å². The Morgan fingerprint density at radius 3 is 2.80 bits per heavy atom. The quantitative estimate of drug-likeness (QED) is 0.283. The van der Waals surface area contributed by atoms with Gasteiger partial charge in [-0.15, -0.1) is 0 Å². The van der Waals surface area contributed by atoms with Crippen molar-refractivity contribution >= 4 is 28.6 Å². The Morgan fingerprint density at radius 1 is 1.10 bits per heavy atom. The number of likely N-dealkylation sites (N-methyl/N-ethyl adjacent to an activating group) is 1. The lowest BCUT2D eigenvalue weighted by molar-refractivity contribution is 0.182. The summed E-state index contributed by atoms with van der Waals surface area (Å²) >= 11 is 0. The summed E-state index contributed by atoms with van der Waals surface area (Å²) in [4.78, 5) is 27.1. The first-order valence-electron chi connectivity index (χ1n) is 14.6. The zero-order chi connectivity index (χ0) is 27.6. The maximum absolute atomic E-state index is 12.5. The summed E-state index contributed by atoms with van der Waals surface area (Å²) in [7, 11) is 0. The number of oxazole rings is 1. The van der Waals surface area contributed by atoms with Gasteiger partial charge in [-0.25, -0.2) is 9.78 Å². The molecule has 40 heavy (non-hydrogen) atoms. The fourth-order valence-electron chi connectivity index (χ4n) is 6.41. The Labute approximate surface area is 235 Å². The SMILES string of the molecule is CCN(CC)C1CCN(C2CCCCc3ccc(Nc4ncc(C)c(Nn5c(=O)oc6ccccc65)n4)cc32)C1. The van der Waals surface area contributed by atoms with Gasteiger partial charge in [-0.3, -0.25) is 15.2 Å². The molecule has 0 saturated carbocycles. The van der Waals surface area contributed by atoms with E-state index in [1.54, 1.807) is 12.3 Å². The van der Waals surface area contributed by atoms with Crippen LogP contribution < -0.4 is 16.5 Å². The van der Waals surface area contributed by atoms with Gasteiger partial charge >= 0.3 is 5.76 Å². The fourth-order valence-corrected chi connectivity index (χ4v) is 6.41. The zero-order valence-corrected chi connectivity index (χ0v) is 23.7. The van der Waals surface area contributed by atoms with Gasteiger partial charge in [0.25, 0.3) is 0 Å². The molecule has 2 aromatic carbocycles. The first-order valence-corrected chi connectivity index (χ1v) is 14.6. The molecule has 0 radical (unpaired) electrons. The van der Waals surface area contributed by atoms with E-state index >= 15 is 0 Å². The van der Waals surface area contributed by atoms with Crippen LogP contribution in [-0.2, 0) is 6.42 Å². The Hall–Kier alpha value is -3.69. The number of likely N-dealkylation sites (tertiary alicyclic amines) is 1. The van der Waals surface area contributed by atoms with Crippen molar-refractivity contribution < 1.29 is 4.42 Å². The number of hydrogen-bond donors (Lipinski definition) is 2. The topological polar surface area (TPSA) is 91.5 Å². The van der Waals surface area contributed by atoms with E-state index in [-0.39, 0.29) is 0 Å². The van der Waals surface area contributed by atoms with Crippen LogP contribution in [0.3, 0.4) is 0 Å². The monoisotopic (exact) mass is 541 g/mol. The third-order valence-corrected chi connectivity index (χ3v) is 8.57. The summed E-state index contributed by atoms with van der Waals surface area (Å²) in [6.45, 7) is 11.0. The molecule has 210 valence electrons. The summed E-state index contributed by atoms with van der Waals surface area (Å²) < 4.78 is 6.74. The third-order valence-electron chi connectivity index (χ3n) is 8.57. The molecule has 2 aliphatic rings. The van der Waals surface area contributed by atoms with Crippen molar-refractivity contribution in [2.75, 3.05) is 36.9 Å². The predicted molar refractivity (Wildman–Crippen MR) is 159 cm³/mol. The van der Waals surface area contributed by atoms with E-state index in [9.17, 15) is 4.79 Å². The van der Waals surface area contributed by atoms with Crippen LogP contribution >= 0.6 is 0 Å². The van der Waals surface area contributed by atoms with Gasteiger partial charge in [0.05, 0.1) is 0 Å². The number of anilines is 3. The standard InChI is InChI=1S/C31H39N7O2/c1-4-36(5-2)24-16-17-37(20-24)26-11-7-6-10-22-14-15-23(18-25(22)26)33-30-32-19-21(3)29(34-30)35-38-27-12-8-9-13-28(27)40-31(38)39/h8-9,12-15,18-19,24,26H,4-7,10-11,16-17,20H2,1-3H3,(H2,32,33,34,35). The van der Waals surface area contributed by atoms with Crippen LogP contribution in [0.2, 0.25) is 0 Å². The van der Waals surface area contributed by atoms with E-state index in [0.29, 0.717) is 34.9 Å². The Kier molecular flexibility index (Phi) is 7.58. The van der Waals surface area contributed by atoms with E-state index < -0.39 is 5.76 Å². The van der Waals surface area contributed by atoms with E-state index in [1.165, 1.54) is 41.5 Å². The van der Waals surface area contributed by atoms with Crippen molar-refractivity contribution in [2.24, 2.45) is 0 Å². The zero-order valence-electron chi connectivity index (χ0n) is 23.7. The predicted octanol–water partition coefficient (Wildman–Crippen LogP) is 5.50. The molecule has 9 heteroatoms. The van der Waals surface area contributed by atoms with Crippen LogP contribution in [0.1, 0.15) is 62.3 Å². The number of para-hydroxylation sites is 2. The minimum absolute atomic E-state index is 0.442. The van der Waals surface area contributed by atoms with Crippen LogP contribution in [0.4, 0.5) is 17.5 Å². The molecule has 2 aromatic heterocycles. The average Bonchev–Trinajstić information content (AvgIpc) is 3.50. The van der Waals surface area contributed by atoms with E-state index in [1.807, 2.05) is 25.1 Å². The molecular formula is C31H39N7O2. The number of benzene rings is 2. The van der Waals surface area contributed by atoms with Crippen molar-refractivity contribution in [2.45, 2.75) is 65.0 Å². The molecule has 6 rings (SSSR count). The van der Waals surface area contributed by atoms with E-state index in [4.69, 9.17) is 9.40 Å². The number of nitrogens with one attached hydrogen (secondary N) is 2. The fraction of sp³-hybridized carbons (Fsp3) is 0.452. The second-order valence-electron chi connectivity index (χ2n) is 11.0. The van der Waals surface area contributed by atoms with Crippen LogP contribution in [0.25, 0.3) is 11.1 Å². The number of rotatable bonds is 8. The van der Waals surface area contributed by atoms with Gasteiger partial charge < -0.3 is 9.73 Å². The Balaban J connectivity index is 1.24. The minimum Gasteiger partial charge on any atom is -0.406 e. The van der Waals surface area contributed by atoms with Crippen molar-refractivity contribution in [1.29, 1.82) is 0 Å². The third kappa shape index (κ3) is 5.23. The molecular weight excluding hydrogens is 502 g/mol. The maximum atomic E-state index is 12.5. The molecule has 1 aliphatic carbocycles. The summed E-state index contributed by atoms with van der Waals surface area (Å²) in [5, 5.41) is 3.43. The Bertz CT molecular complexity index is 1540. The molecule has 0 amide bonds. The van der Waals surface area contributed by atoms with Crippen molar-refractivity contribution in [3.63, 3.8) is 0 Å². The smallest absolute Gasteiger partial charge is 0.406 e. The minimum atomic E-state index is -0.490. The molecule has 2 N–H and O–H groups in total. The van der Waals surface area contributed by atoms with Gasteiger partial charge in [0, 0.05) is 42.6 Å². The number of fused-ring (bicyclic) bond motifs is 2. The lowest BCUT2D eigenvalue weighted by Crippen LogP contribution is -2.38. The highest BCUT2D eigenvalue weighted by molar-refractivity contribution is 5.73. The molecule has 3 heterocycles.